The van der Waals surface area contributed by atoms with E-state index in [2.05, 4.69) is 30.3 Å². The smallest absolute Gasteiger partial charge is 0.303 e. The molecule has 136 valence electrons. The summed E-state index contributed by atoms with van der Waals surface area (Å²) in [6.45, 7) is 2.45. The van der Waals surface area contributed by atoms with Crippen LogP contribution in [-0.4, -0.2) is 41.6 Å². The summed E-state index contributed by atoms with van der Waals surface area (Å²) in [5, 5.41) is 9.01. The number of carbonyl (C=O) groups excluding carboxylic acids is 2. The summed E-state index contributed by atoms with van der Waals surface area (Å²) >= 11 is 0. The third-order valence-electron chi connectivity index (χ3n) is 4.66. The monoisotopic (exact) mass is 353 g/mol. The number of ether oxygens (including phenoxy) is 1. The largest absolute Gasteiger partial charge is 0.456 e. The van der Waals surface area contributed by atoms with Crippen LogP contribution in [0.1, 0.15) is 23.6 Å². The fourth-order valence-electron chi connectivity index (χ4n) is 3.19. The van der Waals surface area contributed by atoms with Crippen LogP contribution >= 0.6 is 0 Å². The van der Waals surface area contributed by atoms with Gasteiger partial charge >= 0.3 is 5.97 Å². The number of amides is 1. The molecule has 0 spiro atoms. The van der Waals surface area contributed by atoms with Crippen molar-refractivity contribution < 1.29 is 19.4 Å². The highest BCUT2D eigenvalue weighted by molar-refractivity contribution is 5.80. The van der Waals surface area contributed by atoms with E-state index in [9.17, 15) is 9.59 Å². The molecular formula is C21H23NO4. The Bertz CT molecular complexity index is 798. The zero-order chi connectivity index (χ0) is 18.5. The molecule has 0 radical (unpaired) electrons. The SMILES string of the molecule is CC(=O)OCC(=O)N1CCc2cc(-c3ccc(CCO)cc3)ccc2C1. The van der Waals surface area contributed by atoms with Gasteiger partial charge in [0.25, 0.3) is 5.91 Å². The molecule has 0 aromatic heterocycles. The lowest BCUT2D eigenvalue weighted by Gasteiger charge is -2.29. The quantitative estimate of drug-likeness (QED) is 0.838. The van der Waals surface area contributed by atoms with Crippen LogP contribution in [0, 0.1) is 0 Å². The number of benzene rings is 2. The lowest BCUT2D eigenvalue weighted by Crippen LogP contribution is -2.38. The molecule has 26 heavy (non-hydrogen) atoms. The molecular weight excluding hydrogens is 330 g/mol. The molecule has 0 saturated carbocycles. The molecule has 1 amide bonds. The predicted molar refractivity (Wildman–Crippen MR) is 98.4 cm³/mol. The second kappa shape index (κ2) is 8.15. The van der Waals surface area contributed by atoms with Gasteiger partial charge in [0.2, 0.25) is 0 Å². The van der Waals surface area contributed by atoms with E-state index in [4.69, 9.17) is 9.84 Å². The number of aliphatic hydroxyl groups is 1. The van der Waals surface area contributed by atoms with Crippen LogP contribution in [0.3, 0.4) is 0 Å². The number of rotatable bonds is 5. The maximum Gasteiger partial charge on any atom is 0.303 e. The molecule has 3 rings (SSSR count). The van der Waals surface area contributed by atoms with E-state index in [0.29, 0.717) is 19.5 Å². The van der Waals surface area contributed by atoms with Gasteiger partial charge in [-0.2, -0.15) is 0 Å². The van der Waals surface area contributed by atoms with E-state index in [1.807, 2.05) is 12.1 Å². The topological polar surface area (TPSA) is 66.8 Å². The fraction of sp³-hybridized carbons (Fsp3) is 0.333. The molecule has 0 fully saturated rings. The number of esters is 1. The van der Waals surface area contributed by atoms with E-state index in [1.54, 1.807) is 4.90 Å². The number of fused-ring (bicyclic) bond motifs is 1. The van der Waals surface area contributed by atoms with Crippen LogP contribution in [0.5, 0.6) is 0 Å². The molecule has 5 heteroatoms. The van der Waals surface area contributed by atoms with Gasteiger partial charge in [0.1, 0.15) is 0 Å². The highest BCUT2D eigenvalue weighted by Crippen LogP contribution is 2.26. The van der Waals surface area contributed by atoms with E-state index in [-0.39, 0.29) is 19.1 Å². The molecule has 0 atom stereocenters. The summed E-state index contributed by atoms with van der Waals surface area (Å²) in [5.74, 6) is -0.597. The molecule has 1 aliphatic rings. The normalized spacial score (nSPS) is 13.2. The van der Waals surface area contributed by atoms with Gasteiger partial charge < -0.3 is 14.7 Å². The highest BCUT2D eigenvalue weighted by Gasteiger charge is 2.21. The molecule has 2 aromatic carbocycles. The van der Waals surface area contributed by atoms with Crippen molar-refractivity contribution in [3.05, 3.63) is 59.2 Å². The van der Waals surface area contributed by atoms with Crippen molar-refractivity contribution >= 4 is 11.9 Å². The summed E-state index contributed by atoms with van der Waals surface area (Å²) in [7, 11) is 0. The van der Waals surface area contributed by atoms with Crippen LogP contribution in [0.2, 0.25) is 0 Å². The first-order chi connectivity index (χ1) is 12.6. The first kappa shape index (κ1) is 18.1. The summed E-state index contributed by atoms with van der Waals surface area (Å²) in [4.78, 5) is 24.7. The Balaban J connectivity index is 1.70. The predicted octanol–water partition coefficient (Wildman–Crippen LogP) is 2.34. The molecule has 1 aliphatic heterocycles. The van der Waals surface area contributed by atoms with Crippen molar-refractivity contribution in [2.24, 2.45) is 0 Å². The highest BCUT2D eigenvalue weighted by atomic mass is 16.5. The van der Waals surface area contributed by atoms with Crippen LogP contribution in [0.15, 0.2) is 42.5 Å². The van der Waals surface area contributed by atoms with Crippen LogP contribution < -0.4 is 0 Å². The average molecular weight is 353 g/mol. The Morgan fingerprint density at radius 2 is 1.81 bits per heavy atom. The minimum absolute atomic E-state index is 0.158. The number of nitrogens with zero attached hydrogens (tertiary/aromatic N) is 1. The summed E-state index contributed by atoms with van der Waals surface area (Å²) in [6.07, 6.45) is 1.46. The maximum absolute atomic E-state index is 12.1. The van der Waals surface area contributed by atoms with Crippen molar-refractivity contribution in [2.45, 2.75) is 26.3 Å². The molecule has 0 unspecified atom stereocenters. The number of aliphatic hydroxyl groups excluding tert-OH is 1. The maximum atomic E-state index is 12.1. The van der Waals surface area contributed by atoms with Crippen molar-refractivity contribution in [3.8, 4) is 11.1 Å². The number of carbonyl (C=O) groups is 2. The summed E-state index contributed by atoms with van der Waals surface area (Å²) < 4.78 is 4.80. The first-order valence-electron chi connectivity index (χ1n) is 8.80. The second-order valence-electron chi connectivity index (χ2n) is 6.50. The van der Waals surface area contributed by atoms with Crippen LogP contribution in [0.4, 0.5) is 0 Å². The van der Waals surface area contributed by atoms with E-state index in [1.165, 1.54) is 12.5 Å². The molecule has 1 heterocycles. The standard InChI is InChI=1S/C21H23NO4/c1-15(24)26-14-21(25)22-10-8-19-12-18(6-7-20(19)13-22)17-4-2-16(3-5-17)9-11-23/h2-7,12,23H,8-11,13-14H2,1H3. The minimum Gasteiger partial charge on any atom is -0.456 e. The minimum atomic E-state index is -0.439. The lowest BCUT2D eigenvalue weighted by atomic mass is 9.94. The van der Waals surface area contributed by atoms with E-state index in [0.717, 1.165) is 28.7 Å². The van der Waals surface area contributed by atoms with Crippen molar-refractivity contribution in [1.82, 2.24) is 4.90 Å². The van der Waals surface area contributed by atoms with Gasteiger partial charge in [-0.05, 0) is 40.7 Å². The Morgan fingerprint density at radius 1 is 1.08 bits per heavy atom. The van der Waals surface area contributed by atoms with Crippen LogP contribution in [-0.2, 0) is 33.7 Å². The number of hydrogen-bond donors (Lipinski definition) is 1. The third kappa shape index (κ3) is 4.29. The first-order valence-corrected chi connectivity index (χ1v) is 8.80. The zero-order valence-corrected chi connectivity index (χ0v) is 14.9. The molecule has 2 aromatic rings. The Kier molecular flexibility index (Phi) is 5.68. The molecule has 5 nitrogen and oxygen atoms in total. The Morgan fingerprint density at radius 3 is 2.50 bits per heavy atom. The van der Waals surface area contributed by atoms with Gasteiger partial charge in [0.15, 0.2) is 6.61 Å². The van der Waals surface area contributed by atoms with Crippen molar-refractivity contribution in [3.63, 3.8) is 0 Å². The van der Waals surface area contributed by atoms with Gasteiger partial charge in [-0.25, -0.2) is 0 Å². The summed E-state index contributed by atoms with van der Waals surface area (Å²) in [6, 6.07) is 14.6. The second-order valence-corrected chi connectivity index (χ2v) is 6.50. The van der Waals surface area contributed by atoms with Crippen molar-refractivity contribution in [1.29, 1.82) is 0 Å². The van der Waals surface area contributed by atoms with Gasteiger partial charge in [-0.3, -0.25) is 9.59 Å². The van der Waals surface area contributed by atoms with Crippen molar-refractivity contribution in [2.75, 3.05) is 19.8 Å². The molecule has 1 N–H and O–H groups in total. The average Bonchev–Trinajstić information content (AvgIpc) is 2.66. The fourth-order valence-corrected chi connectivity index (χ4v) is 3.19. The summed E-state index contributed by atoms with van der Waals surface area (Å²) in [5.41, 5.74) is 5.80. The van der Waals surface area contributed by atoms with Gasteiger partial charge in [-0.15, -0.1) is 0 Å². The Hall–Kier alpha value is -2.66. The van der Waals surface area contributed by atoms with E-state index < -0.39 is 5.97 Å². The van der Waals surface area contributed by atoms with Gasteiger partial charge in [-0.1, -0.05) is 42.5 Å². The third-order valence-corrected chi connectivity index (χ3v) is 4.66. The van der Waals surface area contributed by atoms with Crippen LogP contribution in [0.25, 0.3) is 11.1 Å². The van der Waals surface area contributed by atoms with Gasteiger partial charge in [0.05, 0.1) is 0 Å². The Labute approximate surface area is 153 Å². The number of hydrogen-bond acceptors (Lipinski definition) is 4. The molecule has 0 saturated heterocycles. The van der Waals surface area contributed by atoms with Gasteiger partial charge in [0, 0.05) is 26.6 Å². The molecule has 0 aliphatic carbocycles. The van der Waals surface area contributed by atoms with E-state index >= 15 is 0 Å². The lowest BCUT2D eigenvalue weighted by molar-refractivity contribution is -0.150. The zero-order valence-electron chi connectivity index (χ0n) is 14.9. The molecule has 0 bridgehead atoms.